The van der Waals surface area contributed by atoms with Gasteiger partial charge in [-0.2, -0.15) is 43.9 Å². The molecule has 0 saturated heterocycles. The van der Waals surface area contributed by atoms with Gasteiger partial charge in [-0.05, 0) is 18.2 Å². The average Bonchev–Trinajstić information content (AvgIpc) is 3.34. The van der Waals surface area contributed by atoms with Crippen LogP contribution in [0.15, 0.2) is 35.2 Å². The molecule has 0 unspecified atom stereocenters. The molecule has 0 amide bonds. The number of alkyl halides is 10. The van der Waals surface area contributed by atoms with E-state index in [4.69, 9.17) is 4.42 Å². The fourth-order valence-electron chi connectivity index (χ4n) is 2.84. The molecule has 0 saturated carbocycles. The summed E-state index contributed by atoms with van der Waals surface area (Å²) in [5.74, 6) is -11.9. The van der Waals surface area contributed by atoms with Gasteiger partial charge in [0.05, 0.1) is 0 Å². The SMILES string of the molecule is FC(F)(F)C(F)(F)c1cc(C(F)(F)C(F)(F)F)c2ccc3nc(-c4nnco4)cn3c2n1. The molecule has 0 fully saturated rings. The van der Waals surface area contributed by atoms with Gasteiger partial charge in [0.25, 0.3) is 5.89 Å². The number of nitrogens with zero attached hydrogens (tertiary/aromatic N) is 5. The summed E-state index contributed by atoms with van der Waals surface area (Å²) in [6.07, 6.45) is -10.9. The van der Waals surface area contributed by atoms with Crippen LogP contribution in [0, 0.1) is 0 Å². The predicted molar refractivity (Wildman–Crippen MR) is 83.7 cm³/mol. The maximum Gasteiger partial charge on any atom is 0.459 e. The van der Waals surface area contributed by atoms with Crippen LogP contribution in [0.5, 0.6) is 0 Å². The topological polar surface area (TPSA) is 69.1 Å². The largest absolute Gasteiger partial charge is 0.459 e. The fourth-order valence-corrected chi connectivity index (χ4v) is 2.84. The van der Waals surface area contributed by atoms with Gasteiger partial charge in [-0.25, -0.2) is 9.97 Å². The van der Waals surface area contributed by atoms with E-state index in [1.165, 1.54) is 0 Å². The van der Waals surface area contributed by atoms with E-state index in [1.54, 1.807) is 0 Å². The van der Waals surface area contributed by atoms with Crippen LogP contribution in [0.2, 0.25) is 0 Å². The monoisotopic (exact) mass is 473 g/mol. The summed E-state index contributed by atoms with van der Waals surface area (Å²) in [6.45, 7) is 0. The number of halogens is 10. The van der Waals surface area contributed by atoms with Crippen molar-refractivity contribution in [3.63, 3.8) is 0 Å². The first kappa shape index (κ1) is 21.8. The Bertz CT molecular complexity index is 1310. The third-order valence-corrected chi connectivity index (χ3v) is 4.35. The number of pyridine rings is 2. The van der Waals surface area contributed by atoms with Gasteiger partial charge in [0.1, 0.15) is 22.7 Å². The summed E-state index contributed by atoms with van der Waals surface area (Å²) >= 11 is 0. The van der Waals surface area contributed by atoms with Crippen molar-refractivity contribution in [3.05, 3.63) is 42.0 Å². The minimum Gasteiger partial charge on any atom is -0.422 e. The fraction of sp³-hybridized carbons (Fsp3) is 0.250. The zero-order valence-corrected chi connectivity index (χ0v) is 14.8. The maximum absolute atomic E-state index is 14.1. The summed E-state index contributed by atoms with van der Waals surface area (Å²) in [7, 11) is 0. The average molecular weight is 473 g/mol. The van der Waals surface area contributed by atoms with Crippen molar-refractivity contribution < 1.29 is 48.3 Å². The number of rotatable bonds is 3. The van der Waals surface area contributed by atoms with E-state index in [9.17, 15) is 43.9 Å². The first-order valence-electron chi connectivity index (χ1n) is 8.14. The second kappa shape index (κ2) is 6.52. The molecule has 0 bridgehead atoms. The highest BCUT2D eigenvalue weighted by Gasteiger charge is 2.63. The van der Waals surface area contributed by atoms with Crippen molar-refractivity contribution in [2.24, 2.45) is 0 Å². The molecule has 0 spiro atoms. The first-order valence-corrected chi connectivity index (χ1v) is 8.14. The predicted octanol–water partition coefficient (Wildman–Crippen LogP) is 5.24. The smallest absolute Gasteiger partial charge is 0.422 e. The van der Waals surface area contributed by atoms with Crippen molar-refractivity contribution >= 4 is 16.7 Å². The highest BCUT2D eigenvalue weighted by molar-refractivity contribution is 5.84. The number of imidazole rings is 1. The number of hydrogen-bond donors (Lipinski definition) is 0. The van der Waals surface area contributed by atoms with Gasteiger partial charge in [0.15, 0.2) is 0 Å². The zero-order chi connectivity index (χ0) is 23.7. The van der Waals surface area contributed by atoms with E-state index in [0.717, 1.165) is 18.7 Å². The molecule has 4 aromatic heterocycles. The molecule has 0 aliphatic carbocycles. The van der Waals surface area contributed by atoms with Crippen LogP contribution in [-0.4, -0.2) is 36.9 Å². The summed E-state index contributed by atoms with van der Waals surface area (Å²) in [5, 5.41) is 5.81. The Morgan fingerprint density at radius 2 is 1.47 bits per heavy atom. The second-order valence-electron chi connectivity index (χ2n) is 6.37. The van der Waals surface area contributed by atoms with Crippen LogP contribution >= 0.6 is 0 Å². The summed E-state index contributed by atoms with van der Waals surface area (Å²) in [6, 6.07) is 0.971. The highest BCUT2D eigenvalue weighted by atomic mass is 19.4. The van der Waals surface area contributed by atoms with Gasteiger partial charge in [-0.15, -0.1) is 10.2 Å². The van der Waals surface area contributed by atoms with E-state index < -0.39 is 52.6 Å². The number of fused-ring (bicyclic) bond motifs is 3. The van der Waals surface area contributed by atoms with Crippen LogP contribution in [0.25, 0.3) is 28.3 Å². The Morgan fingerprint density at radius 1 is 0.812 bits per heavy atom. The Hall–Kier alpha value is -3.46. The van der Waals surface area contributed by atoms with E-state index in [-0.39, 0.29) is 17.2 Å². The molecule has 0 aromatic carbocycles. The molecule has 0 aliphatic rings. The second-order valence-corrected chi connectivity index (χ2v) is 6.37. The van der Waals surface area contributed by atoms with Gasteiger partial charge in [0, 0.05) is 17.1 Å². The Labute approximate surface area is 168 Å². The van der Waals surface area contributed by atoms with Crippen LogP contribution in [0.1, 0.15) is 11.3 Å². The molecule has 170 valence electrons. The van der Waals surface area contributed by atoms with Crippen LogP contribution < -0.4 is 0 Å². The molecule has 32 heavy (non-hydrogen) atoms. The molecular weight excluding hydrogens is 468 g/mol. The van der Waals surface area contributed by atoms with E-state index in [1.807, 2.05) is 0 Å². The molecule has 4 aromatic rings. The quantitative estimate of drug-likeness (QED) is 0.381. The first-order chi connectivity index (χ1) is 14.6. The number of hydrogen-bond acceptors (Lipinski definition) is 5. The molecule has 4 heterocycles. The summed E-state index contributed by atoms with van der Waals surface area (Å²) < 4.78 is 139. The third kappa shape index (κ3) is 3.12. The molecule has 4 rings (SSSR count). The van der Waals surface area contributed by atoms with Crippen molar-refractivity contribution in [1.29, 1.82) is 0 Å². The Morgan fingerprint density at radius 3 is 2.03 bits per heavy atom. The maximum atomic E-state index is 14.1. The zero-order valence-electron chi connectivity index (χ0n) is 14.8. The van der Waals surface area contributed by atoms with Crippen LogP contribution in [0.4, 0.5) is 43.9 Å². The van der Waals surface area contributed by atoms with Crippen LogP contribution in [-0.2, 0) is 11.8 Å². The molecule has 6 nitrogen and oxygen atoms in total. The molecule has 0 aliphatic heterocycles. The van der Waals surface area contributed by atoms with Gasteiger partial charge >= 0.3 is 24.2 Å². The molecule has 0 radical (unpaired) electrons. The van der Waals surface area contributed by atoms with Crippen molar-refractivity contribution in [2.45, 2.75) is 24.2 Å². The van der Waals surface area contributed by atoms with Crippen LogP contribution in [0.3, 0.4) is 0 Å². The van der Waals surface area contributed by atoms with Gasteiger partial charge in [0.2, 0.25) is 6.39 Å². The van der Waals surface area contributed by atoms with E-state index in [0.29, 0.717) is 10.5 Å². The summed E-state index contributed by atoms with van der Waals surface area (Å²) in [4.78, 5) is 6.97. The molecule has 0 N–H and O–H groups in total. The van der Waals surface area contributed by atoms with E-state index >= 15 is 0 Å². The van der Waals surface area contributed by atoms with Crippen molar-refractivity contribution in [3.8, 4) is 11.6 Å². The molecule has 16 heteroatoms. The van der Waals surface area contributed by atoms with Gasteiger partial charge in [-0.1, -0.05) is 0 Å². The Kier molecular flexibility index (Phi) is 4.43. The van der Waals surface area contributed by atoms with E-state index in [2.05, 4.69) is 20.2 Å². The van der Waals surface area contributed by atoms with Gasteiger partial charge < -0.3 is 4.42 Å². The lowest BCUT2D eigenvalue weighted by molar-refractivity contribution is -0.293. The normalized spacial score (nSPS) is 13.9. The minimum absolute atomic E-state index is 0.172. The molecule has 0 atom stereocenters. The Balaban J connectivity index is 2.11. The van der Waals surface area contributed by atoms with Gasteiger partial charge in [-0.3, -0.25) is 4.40 Å². The molecular formula is C16H5F10N5O. The minimum atomic E-state index is -6.32. The lowest BCUT2D eigenvalue weighted by atomic mass is 10.0. The van der Waals surface area contributed by atoms with Crippen molar-refractivity contribution in [1.82, 2.24) is 24.6 Å². The highest BCUT2D eigenvalue weighted by Crippen LogP contribution is 2.49. The number of aromatic nitrogens is 5. The lowest BCUT2D eigenvalue weighted by Crippen LogP contribution is -2.37. The van der Waals surface area contributed by atoms with Crippen molar-refractivity contribution in [2.75, 3.05) is 0 Å². The third-order valence-electron chi connectivity index (χ3n) is 4.35. The standard InChI is InChI=1S/C16H5F10N5O/c17-13(18,15(21,22)23)7-3-9(14(19,20)16(24,25)26)29-11-6(7)1-2-10-28-8(4-31(10)11)12-30-27-5-32-12/h1-5H. The lowest BCUT2D eigenvalue weighted by Gasteiger charge is -2.24. The summed E-state index contributed by atoms with van der Waals surface area (Å²) in [5.41, 5.74) is -5.96.